The summed E-state index contributed by atoms with van der Waals surface area (Å²) in [5.41, 5.74) is 1.25. The van der Waals surface area contributed by atoms with Crippen molar-refractivity contribution < 1.29 is 19.1 Å². The van der Waals surface area contributed by atoms with Crippen LogP contribution in [0.4, 0.5) is 0 Å². The molecule has 1 heterocycles. The average Bonchev–Trinajstić information content (AvgIpc) is 2.86. The Morgan fingerprint density at radius 1 is 0.939 bits per heavy atom. The highest BCUT2D eigenvalue weighted by Crippen LogP contribution is 2.18. The fourth-order valence-electron chi connectivity index (χ4n) is 3.75. The second-order valence-corrected chi connectivity index (χ2v) is 7.98. The van der Waals surface area contributed by atoms with Crippen LogP contribution in [0.3, 0.4) is 0 Å². The van der Waals surface area contributed by atoms with E-state index in [4.69, 9.17) is 4.74 Å². The quantitative estimate of drug-likeness (QED) is 0.533. The number of hydrogen-bond acceptors (Lipinski definition) is 5. The van der Waals surface area contributed by atoms with Gasteiger partial charge in [0.25, 0.3) is 5.91 Å². The van der Waals surface area contributed by atoms with E-state index >= 15 is 0 Å². The monoisotopic (exact) mass is 452 g/mol. The van der Waals surface area contributed by atoms with Crippen molar-refractivity contribution in [3.8, 4) is 0 Å². The molecule has 0 radical (unpaired) electrons. The molecule has 1 fully saturated rings. The molecule has 1 saturated heterocycles. The Morgan fingerprint density at radius 3 is 2.21 bits per heavy atom. The smallest absolute Gasteiger partial charge is 0.252 e. The Bertz CT molecular complexity index is 899. The topological polar surface area (TPSA) is 91.0 Å². The number of hydrogen-bond donors (Lipinski definition) is 2. The van der Waals surface area contributed by atoms with E-state index in [0.717, 1.165) is 12.0 Å². The minimum atomic E-state index is -0.769. The van der Waals surface area contributed by atoms with Gasteiger partial charge in [-0.1, -0.05) is 48.5 Å². The van der Waals surface area contributed by atoms with E-state index in [0.29, 0.717) is 51.4 Å². The van der Waals surface area contributed by atoms with Gasteiger partial charge in [0.05, 0.1) is 6.54 Å². The highest BCUT2D eigenvalue weighted by atomic mass is 16.5. The molecule has 0 bridgehead atoms. The Morgan fingerprint density at radius 2 is 1.58 bits per heavy atom. The Labute approximate surface area is 194 Å². The van der Waals surface area contributed by atoms with Gasteiger partial charge < -0.3 is 20.3 Å². The number of carbonyl (C=O) groups excluding carboxylic acids is 3. The van der Waals surface area contributed by atoms with Crippen LogP contribution in [0.25, 0.3) is 0 Å². The summed E-state index contributed by atoms with van der Waals surface area (Å²) < 4.78 is 4.98. The van der Waals surface area contributed by atoms with Gasteiger partial charge in [-0.25, -0.2) is 0 Å². The SMILES string of the molecule is COCCCNC(=O)CN1CCN(C(=O)C(NC(=O)c2ccccc2)c2ccccc2)CC1. The Kier molecular flexibility index (Phi) is 9.41. The zero-order valence-electron chi connectivity index (χ0n) is 19.0. The molecule has 0 spiro atoms. The third-order valence-corrected chi connectivity index (χ3v) is 5.59. The molecule has 3 rings (SSSR count). The Hall–Kier alpha value is -3.23. The van der Waals surface area contributed by atoms with Gasteiger partial charge in [0, 0.05) is 52.0 Å². The zero-order valence-corrected chi connectivity index (χ0v) is 19.0. The summed E-state index contributed by atoms with van der Waals surface area (Å²) in [6.45, 7) is 3.72. The molecule has 2 aromatic carbocycles. The summed E-state index contributed by atoms with van der Waals surface area (Å²) in [5, 5.41) is 5.79. The number of benzene rings is 2. The molecule has 0 saturated carbocycles. The fourth-order valence-corrected chi connectivity index (χ4v) is 3.75. The molecule has 8 nitrogen and oxygen atoms in total. The minimum absolute atomic E-state index is 0.0248. The minimum Gasteiger partial charge on any atom is -0.385 e. The maximum atomic E-state index is 13.4. The van der Waals surface area contributed by atoms with Crippen LogP contribution in [0.2, 0.25) is 0 Å². The standard InChI is InChI=1S/C25H32N4O4/c1-33-18-8-13-26-22(30)19-28-14-16-29(17-15-28)25(32)23(20-9-4-2-5-10-20)27-24(31)21-11-6-3-7-12-21/h2-7,9-12,23H,8,13-19H2,1H3,(H,26,30)(H,27,31). The van der Waals surface area contributed by atoms with Gasteiger partial charge in [0.2, 0.25) is 11.8 Å². The molecule has 1 aliphatic heterocycles. The normalized spacial score (nSPS) is 15.0. The predicted octanol–water partition coefficient (Wildman–Crippen LogP) is 1.45. The zero-order chi connectivity index (χ0) is 23.5. The second-order valence-electron chi connectivity index (χ2n) is 7.98. The van der Waals surface area contributed by atoms with Crippen LogP contribution < -0.4 is 10.6 Å². The van der Waals surface area contributed by atoms with Gasteiger partial charge >= 0.3 is 0 Å². The van der Waals surface area contributed by atoms with E-state index in [1.807, 2.05) is 41.3 Å². The first-order valence-electron chi connectivity index (χ1n) is 11.3. The summed E-state index contributed by atoms with van der Waals surface area (Å²) in [6, 6.07) is 17.4. The molecule has 1 aliphatic rings. The summed E-state index contributed by atoms with van der Waals surface area (Å²) in [7, 11) is 1.64. The Balaban J connectivity index is 1.57. The number of carbonyl (C=O) groups is 3. The lowest BCUT2D eigenvalue weighted by atomic mass is 10.0. The molecule has 8 heteroatoms. The third kappa shape index (κ3) is 7.40. The van der Waals surface area contributed by atoms with Crippen LogP contribution in [0.15, 0.2) is 60.7 Å². The van der Waals surface area contributed by atoms with Crippen molar-refractivity contribution in [3.63, 3.8) is 0 Å². The molecule has 2 N–H and O–H groups in total. The summed E-state index contributed by atoms with van der Waals surface area (Å²) in [6.07, 6.45) is 0.778. The molecule has 176 valence electrons. The number of ether oxygens (including phenoxy) is 1. The van der Waals surface area contributed by atoms with Gasteiger partial charge in [0.15, 0.2) is 0 Å². The third-order valence-electron chi connectivity index (χ3n) is 5.59. The van der Waals surface area contributed by atoms with Crippen LogP contribution in [-0.2, 0) is 14.3 Å². The molecule has 3 amide bonds. The van der Waals surface area contributed by atoms with Gasteiger partial charge in [0.1, 0.15) is 6.04 Å². The lowest BCUT2D eigenvalue weighted by Crippen LogP contribution is -2.53. The molecule has 33 heavy (non-hydrogen) atoms. The van der Waals surface area contributed by atoms with Crippen molar-refractivity contribution in [3.05, 3.63) is 71.8 Å². The molecule has 2 aromatic rings. The van der Waals surface area contributed by atoms with E-state index in [2.05, 4.69) is 10.6 Å². The number of nitrogens with zero attached hydrogens (tertiary/aromatic N) is 2. The first-order chi connectivity index (χ1) is 16.1. The van der Waals surface area contributed by atoms with Crippen molar-refractivity contribution in [2.45, 2.75) is 12.5 Å². The number of nitrogens with one attached hydrogen (secondary N) is 2. The molecular formula is C25H32N4O4. The summed E-state index contributed by atoms with van der Waals surface area (Å²) in [5.74, 6) is -0.459. The van der Waals surface area contributed by atoms with Crippen molar-refractivity contribution in [1.29, 1.82) is 0 Å². The average molecular weight is 453 g/mol. The van der Waals surface area contributed by atoms with Crippen LogP contribution in [0.1, 0.15) is 28.4 Å². The van der Waals surface area contributed by atoms with Gasteiger partial charge in [-0.2, -0.15) is 0 Å². The van der Waals surface area contributed by atoms with Crippen LogP contribution in [0.5, 0.6) is 0 Å². The largest absolute Gasteiger partial charge is 0.385 e. The van der Waals surface area contributed by atoms with E-state index < -0.39 is 6.04 Å². The van der Waals surface area contributed by atoms with Crippen molar-refractivity contribution in [1.82, 2.24) is 20.4 Å². The number of rotatable bonds is 10. The van der Waals surface area contributed by atoms with Crippen molar-refractivity contribution in [2.24, 2.45) is 0 Å². The van der Waals surface area contributed by atoms with Crippen LogP contribution in [-0.4, -0.2) is 80.5 Å². The molecule has 0 aromatic heterocycles. The molecule has 1 atom stereocenters. The van der Waals surface area contributed by atoms with Crippen LogP contribution in [0, 0.1) is 0 Å². The maximum Gasteiger partial charge on any atom is 0.252 e. The van der Waals surface area contributed by atoms with E-state index in [-0.39, 0.29) is 17.7 Å². The highest BCUT2D eigenvalue weighted by Gasteiger charge is 2.30. The number of methoxy groups -OCH3 is 1. The molecular weight excluding hydrogens is 420 g/mol. The first kappa shape index (κ1) is 24.4. The second kappa shape index (κ2) is 12.7. The molecule has 0 aliphatic carbocycles. The van der Waals surface area contributed by atoms with E-state index in [9.17, 15) is 14.4 Å². The van der Waals surface area contributed by atoms with Gasteiger partial charge in [-0.15, -0.1) is 0 Å². The van der Waals surface area contributed by atoms with E-state index in [1.165, 1.54) is 0 Å². The van der Waals surface area contributed by atoms with Gasteiger partial charge in [-0.3, -0.25) is 19.3 Å². The summed E-state index contributed by atoms with van der Waals surface area (Å²) >= 11 is 0. The van der Waals surface area contributed by atoms with Crippen molar-refractivity contribution in [2.75, 3.05) is 53.0 Å². The van der Waals surface area contributed by atoms with Crippen LogP contribution >= 0.6 is 0 Å². The lowest BCUT2D eigenvalue weighted by molar-refractivity contribution is -0.135. The predicted molar refractivity (Wildman–Crippen MR) is 126 cm³/mol. The lowest BCUT2D eigenvalue weighted by Gasteiger charge is -2.36. The van der Waals surface area contributed by atoms with Crippen molar-refractivity contribution >= 4 is 17.7 Å². The fraction of sp³-hybridized carbons (Fsp3) is 0.400. The highest BCUT2D eigenvalue weighted by molar-refractivity contribution is 5.97. The first-order valence-corrected chi connectivity index (χ1v) is 11.3. The van der Waals surface area contributed by atoms with Gasteiger partial charge in [-0.05, 0) is 24.1 Å². The number of amides is 3. The maximum absolute atomic E-state index is 13.4. The molecule has 1 unspecified atom stereocenters. The summed E-state index contributed by atoms with van der Waals surface area (Å²) in [4.78, 5) is 42.1. The number of piperazine rings is 1. The van der Waals surface area contributed by atoms with E-state index in [1.54, 1.807) is 36.3 Å².